The molecule has 0 bridgehead atoms. The third-order valence-electron chi connectivity index (χ3n) is 1.60. The van der Waals surface area contributed by atoms with E-state index in [4.69, 9.17) is 11.6 Å². The Kier molecular flexibility index (Phi) is 1.13. The molecule has 2 heterocycles. The van der Waals surface area contributed by atoms with Crippen molar-refractivity contribution in [3.63, 3.8) is 0 Å². The molecule has 2 rings (SSSR count). The highest BCUT2D eigenvalue weighted by Crippen LogP contribution is 2.15. The van der Waals surface area contributed by atoms with E-state index in [1.54, 1.807) is 22.1 Å². The number of nitrogens with two attached hydrogens (primary N) is 2. The number of rotatable bonds is 0. The van der Waals surface area contributed by atoms with Gasteiger partial charge in [-0.3, -0.25) is 9.58 Å². The number of hydrogen-bond donors (Lipinski definition) is 2. The Morgan fingerprint density at radius 3 is 3.18 bits per heavy atom. The van der Waals surface area contributed by atoms with Crippen LogP contribution < -0.4 is 16.6 Å². The maximum absolute atomic E-state index is 5.63. The number of fused-ring (bicyclic) bond motifs is 1. The zero-order valence-corrected chi connectivity index (χ0v) is 5.94. The lowest BCUT2D eigenvalue weighted by molar-refractivity contribution is 0.833. The van der Waals surface area contributed by atoms with Crippen molar-refractivity contribution in [3.8, 4) is 0 Å². The Labute approximate surface area is 63.9 Å². The molecular formula is C6H9N5. The minimum atomic E-state index is 0.561. The van der Waals surface area contributed by atoms with Crippen molar-refractivity contribution >= 4 is 12.0 Å². The van der Waals surface area contributed by atoms with Gasteiger partial charge in [-0.05, 0) is 0 Å². The lowest BCUT2D eigenvalue weighted by Gasteiger charge is -2.22. The topological polar surface area (TPSA) is 73.1 Å². The fourth-order valence-electron chi connectivity index (χ4n) is 1.12. The summed E-state index contributed by atoms with van der Waals surface area (Å²) in [6.07, 6.45) is 5.18. The van der Waals surface area contributed by atoms with Crippen molar-refractivity contribution in [2.75, 3.05) is 11.6 Å². The van der Waals surface area contributed by atoms with Gasteiger partial charge < -0.3 is 5.73 Å². The van der Waals surface area contributed by atoms with Gasteiger partial charge >= 0.3 is 0 Å². The number of hydrazine groups is 1. The van der Waals surface area contributed by atoms with Crippen molar-refractivity contribution in [1.29, 1.82) is 0 Å². The second kappa shape index (κ2) is 2.00. The summed E-state index contributed by atoms with van der Waals surface area (Å²) in [5.74, 6) is 6.49. The van der Waals surface area contributed by atoms with Gasteiger partial charge in [0.1, 0.15) is 12.1 Å². The van der Waals surface area contributed by atoms with E-state index in [1.807, 2.05) is 6.20 Å². The molecule has 11 heavy (non-hydrogen) atoms. The average Bonchev–Trinajstić information content (AvgIpc) is 2.34. The smallest absolute Gasteiger partial charge is 0.147 e. The van der Waals surface area contributed by atoms with Crippen LogP contribution in [0.5, 0.6) is 0 Å². The molecule has 0 atom stereocenters. The quantitative estimate of drug-likeness (QED) is 0.482. The van der Waals surface area contributed by atoms with Gasteiger partial charge in [-0.1, -0.05) is 0 Å². The van der Waals surface area contributed by atoms with Crippen molar-refractivity contribution in [1.82, 2.24) is 9.55 Å². The van der Waals surface area contributed by atoms with Crippen LogP contribution in [-0.2, 0) is 0 Å². The molecule has 0 radical (unpaired) electrons. The highest BCUT2D eigenvalue weighted by molar-refractivity contribution is 5.51. The van der Waals surface area contributed by atoms with Crippen LogP contribution in [0, 0.1) is 0 Å². The molecule has 58 valence electrons. The fourth-order valence-corrected chi connectivity index (χ4v) is 1.12. The van der Waals surface area contributed by atoms with E-state index < -0.39 is 0 Å². The van der Waals surface area contributed by atoms with Crippen molar-refractivity contribution < 1.29 is 0 Å². The first-order valence-electron chi connectivity index (χ1n) is 3.27. The van der Waals surface area contributed by atoms with Crippen molar-refractivity contribution in [2.24, 2.45) is 11.6 Å². The van der Waals surface area contributed by atoms with Crippen LogP contribution in [0.15, 0.2) is 18.2 Å². The van der Waals surface area contributed by atoms with Crippen LogP contribution in [-0.4, -0.2) is 16.1 Å². The number of nitrogens with zero attached hydrogens (tertiary/aromatic N) is 3. The maximum Gasteiger partial charge on any atom is 0.147 e. The number of imidazole rings is 1. The van der Waals surface area contributed by atoms with Crippen LogP contribution in [0.25, 0.3) is 6.20 Å². The molecule has 0 aliphatic carbocycles. The summed E-state index contributed by atoms with van der Waals surface area (Å²) in [6.45, 7) is 0.561. The van der Waals surface area contributed by atoms with Gasteiger partial charge in [0.15, 0.2) is 0 Å². The molecule has 0 fully saturated rings. The molecule has 1 aromatic rings. The molecule has 1 aromatic heterocycles. The number of aromatic nitrogens is 2. The van der Waals surface area contributed by atoms with E-state index in [0.29, 0.717) is 6.54 Å². The molecule has 5 heteroatoms. The predicted octanol–water partition coefficient (Wildman–Crippen LogP) is -0.666. The van der Waals surface area contributed by atoms with Gasteiger partial charge in [-0.2, -0.15) is 0 Å². The van der Waals surface area contributed by atoms with E-state index in [0.717, 1.165) is 11.5 Å². The number of anilines is 1. The average molecular weight is 151 g/mol. The lowest BCUT2D eigenvalue weighted by Crippen LogP contribution is -2.38. The molecule has 0 aromatic carbocycles. The third kappa shape index (κ3) is 0.857. The molecule has 1 aliphatic heterocycles. The summed E-state index contributed by atoms with van der Waals surface area (Å²) in [5.41, 5.74) is 6.32. The monoisotopic (exact) mass is 151 g/mol. The standard InChI is InChI=1S/C6H9N5/c7-5-2-10-4-9-1-6(10)11(8)3-5/h1-2,4H,3,7-8H2. The van der Waals surface area contributed by atoms with Crippen LogP contribution >= 0.6 is 0 Å². The van der Waals surface area contributed by atoms with Gasteiger partial charge in [-0.15, -0.1) is 0 Å². The summed E-state index contributed by atoms with van der Waals surface area (Å²) in [4.78, 5) is 3.93. The molecule has 4 N–H and O–H groups in total. The Balaban J connectivity index is 2.51. The second-order valence-electron chi connectivity index (χ2n) is 2.49. The summed E-state index contributed by atoms with van der Waals surface area (Å²) in [5, 5.41) is 1.56. The van der Waals surface area contributed by atoms with Crippen LogP contribution in [0.4, 0.5) is 5.82 Å². The first-order valence-corrected chi connectivity index (χ1v) is 3.27. The first-order chi connectivity index (χ1) is 5.27. The highest BCUT2D eigenvalue weighted by Gasteiger charge is 2.12. The number of hydrogen-bond acceptors (Lipinski definition) is 4. The normalized spacial score (nSPS) is 16.1. The van der Waals surface area contributed by atoms with Crippen molar-refractivity contribution in [2.45, 2.75) is 0 Å². The van der Waals surface area contributed by atoms with Crippen LogP contribution in [0.2, 0.25) is 0 Å². The molecule has 0 spiro atoms. The molecule has 0 unspecified atom stereocenters. The Morgan fingerprint density at radius 2 is 2.36 bits per heavy atom. The molecular weight excluding hydrogens is 142 g/mol. The third-order valence-corrected chi connectivity index (χ3v) is 1.60. The van der Waals surface area contributed by atoms with Crippen LogP contribution in [0.1, 0.15) is 0 Å². The SMILES string of the molecule is NC1=Cn2cncc2N(N)C1. The Hall–Kier alpha value is -1.49. The van der Waals surface area contributed by atoms with E-state index in [1.165, 1.54) is 0 Å². The van der Waals surface area contributed by atoms with Crippen molar-refractivity contribution in [3.05, 3.63) is 18.2 Å². The Bertz CT molecular complexity index is 300. The lowest BCUT2D eigenvalue weighted by atomic mass is 10.4. The summed E-state index contributed by atoms with van der Waals surface area (Å²) in [6, 6.07) is 0. The minimum Gasteiger partial charge on any atom is -0.399 e. The molecule has 0 amide bonds. The van der Waals surface area contributed by atoms with E-state index in [-0.39, 0.29) is 0 Å². The second-order valence-corrected chi connectivity index (χ2v) is 2.49. The van der Waals surface area contributed by atoms with E-state index in [2.05, 4.69) is 4.98 Å². The summed E-state index contributed by atoms with van der Waals surface area (Å²) >= 11 is 0. The molecule has 0 saturated heterocycles. The maximum atomic E-state index is 5.63. The molecule has 0 saturated carbocycles. The molecule has 1 aliphatic rings. The summed E-state index contributed by atoms with van der Waals surface area (Å²) < 4.78 is 1.79. The van der Waals surface area contributed by atoms with Gasteiger partial charge in [0.2, 0.25) is 0 Å². The summed E-state index contributed by atoms with van der Waals surface area (Å²) in [7, 11) is 0. The van der Waals surface area contributed by atoms with E-state index >= 15 is 0 Å². The van der Waals surface area contributed by atoms with E-state index in [9.17, 15) is 0 Å². The van der Waals surface area contributed by atoms with Gasteiger partial charge in [-0.25, -0.2) is 10.8 Å². The molecule has 5 nitrogen and oxygen atoms in total. The highest BCUT2D eigenvalue weighted by atomic mass is 15.5. The predicted molar refractivity (Wildman–Crippen MR) is 42.2 cm³/mol. The minimum absolute atomic E-state index is 0.561. The fraction of sp³-hybridized carbons (Fsp3) is 0.167. The first kappa shape index (κ1) is 6.23. The zero-order chi connectivity index (χ0) is 7.84. The van der Waals surface area contributed by atoms with Gasteiger partial charge in [0.25, 0.3) is 0 Å². The Morgan fingerprint density at radius 1 is 1.55 bits per heavy atom. The van der Waals surface area contributed by atoms with Gasteiger partial charge in [0.05, 0.1) is 12.7 Å². The largest absolute Gasteiger partial charge is 0.399 e. The van der Waals surface area contributed by atoms with Crippen LogP contribution in [0.3, 0.4) is 0 Å². The van der Waals surface area contributed by atoms with Gasteiger partial charge in [0, 0.05) is 11.9 Å². The zero-order valence-electron chi connectivity index (χ0n) is 5.94.